The minimum Gasteiger partial charge on any atom is -0.312 e. The molecule has 0 unspecified atom stereocenters. The van der Waals surface area contributed by atoms with Crippen LogP contribution in [0.15, 0.2) is 96.3 Å². The summed E-state index contributed by atoms with van der Waals surface area (Å²) in [5.74, 6) is -1.00. The number of hydrogen-bond acceptors (Lipinski definition) is 4. The summed E-state index contributed by atoms with van der Waals surface area (Å²) in [7, 11) is 0. The second kappa shape index (κ2) is 7.80. The molecule has 0 bridgehead atoms. The van der Waals surface area contributed by atoms with Gasteiger partial charge in [0.2, 0.25) is 0 Å². The maximum atomic E-state index is 13.8. The summed E-state index contributed by atoms with van der Waals surface area (Å²) in [5.41, 5.74) is 2.62. The lowest BCUT2D eigenvalue weighted by atomic mass is 10.0. The molecular formula is C23H15FN2O2. The van der Waals surface area contributed by atoms with E-state index in [4.69, 9.17) is 4.84 Å². The largest absolute Gasteiger partial charge is 0.365 e. The molecular weight excluding hydrogens is 355 g/mol. The average molecular weight is 370 g/mol. The second-order valence-corrected chi connectivity index (χ2v) is 6.11. The Hall–Kier alpha value is -3.86. The van der Waals surface area contributed by atoms with Crippen molar-refractivity contribution >= 4 is 22.6 Å². The summed E-state index contributed by atoms with van der Waals surface area (Å²) in [5, 5.41) is 4.95. The van der Waals surface area contributed by atoms with Crippen molar-refractivity contribution in [2.75, 3.05) is 0 Å². The van der Waals surface area contributed by atoms with E-state index in [1.165, 1.54) is 12.1 Å². The van der Waals surface area contributed by atoms with E-state index in [1.54, 1.807) is 48.7 Å². The van der Waals surface area contributed by atoms with E-state index in [9.17, 15) is 9.18 Å². The van der Waals surface area contributed by atoms with Gasteiger partial charge in [0.25, 0.3) is 0 Å². The third kappa shape index (κ3) is 3.78. The zero-order chi connectivity index (χ0) is 19.3. The van der Waals surface area contributed by atoms with Crippen LogP contribution in [0.3, 0.4) is 0 Å². The van der Waals surface area contributed by atoms with Crippen LogP contribution in [0, 0.1) is 5.82 Å². The van der Waals surface area contributed by atoms with Crippen LogP contribution in [0.4, 0.5) is 4.39 Å². The zero-order valence-corrected chi connectivity index (χ0v) is 14.7. The standard InChI is InChI=1S/C23H15FN2O2/c24-20-11-6-10-18(14-20)22(26-28-23(27)16-7-2-1-3-8-16)19-13-17-9-4-5-12-21(17)25-15-19/h1-15H. The molecule has 0 saturated heterocycles. The summed E-state index contributed by atoms with van der Waals surface area (Å²) in [6.45, 7) is 0. The lowest BCUT2D eigenvalue weighted by molar-refractivity contribution is 0.0517. The fourth-order valence-electron chi connectivity index (χ4n) is 2.82. The van der Waals surface area contributed by atoms with Gasteiger partial charge >= 0.3 is 5.97 Å². The van der Waals surface area contributed by atoms with Crippen molar-refractivity contribution in [1.29, 1.82) is 0 Å². The Kier molecular flexibility index (Phi) is 4.89. The van der Waals surface area contributed by atoms with Crippen molar-refractivity contribution in [3.63, 3.8) is 0 Å². The summed E-state index contributed by atoms with van der Waals surface area (Å²) in [6.07, 6.45) is 1.63. The Morgan fingerprint density at radius 2 is 1.57 bits per heavy atom. The number of para-hydroxylation sites is 1. The highest BCUT2D eigenvalue weighted by molar-refractivity contribution is 6.13. The van der Waals surface area contributed by atoms with E-state index >= 15 is 0 Å². The van der Waals surface area contributed by atoms with E-state index in [0.717, 1.165) is 10.9 Å². The van der Waals surface area contributed by atoms with Gasteiger partial charge in [-0.15, -0.1) is 0 Å². The molecule has 5 heteroatoms. The number of nitrogens with zero attached hydrogens (tertiary/aromatic N) is 2. The van der Waals surface area contributed by atoms with Gasteiger partial charge < -0.3 is 4.84 Å². The van der Waals surface area contributed by atoms with Gasteiger partial charge in [-0.05, 0) is 36.4 Å². The highest BCUT2D eigenvalue weighted by atomic mass is 19.1. The number of halogens is 1. The number of carbonyl (C=O) groups excluding carboxylic acids is 1. The quantitative estimate of drug-likeness (QED) is 0.289. The summed E-state index contributed by atoms with van der Waals surface area (Å²) >= 11 is 0. The lowest BCUT2D eigenvalue weighted by Crippen LogP contribution is -2.08. The Morgan fingerprint density at radius 3 is 2.39 bits per heavy atom. The first-order valence-corrected chi connectivity index (χ1v) is 8.66. The molecule has 0 aliphatic carbocycles. The van der Waals surface area contributed by atoms with Gasteiger partial charge in [-0.3, -0.25) is 4.98 Å². The van der Waals surface area contributed by atoms with Crippen LogP contribution >= 0.6 is 0 Å². The Labute approximate surface area is 160 Å². The molecule has 4 nitrogen and oxygen atoms in total. The third-order valence-electron chi connectivity index (χ3n) is 4.19. The smallest absolute Gasteiger partial charge is 0.312 e. The fourth-order valence-corrected chi connectivity index (χ4v) is 2.82. The first-order chi connectivity index (χ1) is 13.7. The number of hydrogen-bond donors (Lipinski definition) is 0. The molecule has 0 aliphatic rings. The number of oxime groups is 1. The maximum Gasteiger partial charge on any atom is 0.365 e. The van der Waals surface area contributed by atoms with Gasteiger partial charge in [-0.25, -0.2) is 9.18 Å². The summed E-state index contributed by atoms with van der Waals surface area (Å²) < 4.78 is 13.8. The van der Waals surface area contributed by atoms with Crippen LogP contribution in [0.5, 0.6) is 0 Å². The van der Waals surface area contributed by atoms with Gasteiger partial charge in [-0.1, -0.05) is 53.7 Å². The van der Waals surface area contributed by atoms with E-state index in [2.05, 4.69) is 10.1 Å². The highest BCUT2D eigenvalue weighted by Crippen LogP contribution is 2.18. The number of aromatic nitrogens is 1. The molecule has 0 saturated carbocycles. The highest BCUT2D eigenvalue weighted by Gasteiger charge is 2.13. The average Bonchev–Trinajstić information content (AvgIpc) is 2.74. The van der Waals surface area contributed by atoms with Gasteiger partial charge in [0.05, 0.1) is 11.1 Å². The summed E-state index contributed by atoms with van der Waals surface area (Å²) in [4.78, 5) is 21.8. The van der Waals surface area contributed by atoms with Crippen molar-refractivity contribution in [3.05, 3.63) is 114 Å². The Bertz CT molecular complexity index is 1170. The lowest BCUT2D eigenvalue weighted by Gasteiger charge is -2.08. The normalized spacial score (nSPS) is 11.4. The maximum absolute atomic E-state index is 13.8. The van der Waals surface area contributed by atoms with Crippen molar-refractivity contribution < 1.29 is 14.0 Å². The third-order valence-corrected chi connectivity index (χ3v) is 4.19. The summed E-state index contributed by atoms with van der Waals surface area (Å²) in [6, 6.07) is 24.0. The molecule has 4 rings (SSSR count). The molecule has 3 aromatic carbocycles. The van der Waals surface area contributed by atoms with Crippen LogP contribution in [0.2, 0.25) is 0 Å². The van der Waals surface area contributed by atoms with E-state index in [0.29, 0.717) is 22.4 Å². The van der Waals surface area contributed by atoms with Gasteiger partial charge in [0, 0.05) is 22.7 Å². The molecule has 0 amide bonds. The van der Waals surface area contributed by atoms with Crippen LogP contribution in [0.1, 0.15) is 21.5 Å². The van der Waals surface area contributed by atoms with E-state index in [-0.39, 0.29) is 0 Å². The number of benzene rings is 3. The van der Waals surface area contributed by atoms with Gasteiger partial charge in [0.15, 0.2) is 0 Å². The van der Waals surface area contributed by atoms with E-state index in [1.807, 2.05) is 30.3 Å². The molecule has 4 aromatic rings. The van der Waals surface area contributed by atoms with Gasteiger partial charge in [0.1, 0.15) is 11.5 Å². The van der Waals surface area contributed by atoms with E-state index < -0.39 is 11.8 Å². The molecule has 1 aromatic heterocycles. The molecule has 1 heterocycles. The van der Waals surface area contributed by atoms with Crippen LogP contribution in [-0.4, -0.2) is 16.7 Å². The predicted octanol–water partition coefficient (Wildman–Crippen LogP) is 4.98. The molecule has 0 radical (unpaired) electrons. The topological polar surface area (TPSA) is 51.5 Å². The van der Waals surface area contributed by atoms with Crippen molar-refractivity contribution in [2.24, 2.45) is 5.16 Å². The van der Waals surface area contributed by atoms with Crippen LogP contribution in [0.25, 0.3) is 10.9 Å². The Morgan fingerprint density at radius 1 is 0.821 bits per heavy atom. The molecule has 0 spiro atoms. The van der Waals surface area contributed by atoms with Crippen LogP contribution in [-0.2, 0) is 4.84 Å². The number of carbonyl (C=O) groups is 1. The number of rotatable bonds is 4. The monoisotopic (exact) mass is 370 g/mol. The molecule has 0 aliphatic heterocycles. The Balaban J connectivity index is 1.76. The van der Waals surface area contributed by atoms with Crippen molar-refractivity contribution in [3.8, 4) is 0 Å². The zero-order valence-electron chi connectivity index (χ0n) is 14.7. The minimum atomic E-state index is -0.594. The molecule has 0 atom stereocenters. The SMILES string of the molecule is O=C(ON=C(c1cccc(F)c1)c1cnc2ccccc2c1)c1ccccc1. The fraction of sp³-hybridized carbons (Fsp3) is 0. The number of pyridine rings is 1. The number of fused-ring (bicyclic) bond motifs is 1. The predicted molar refractivity (Wildman–Crippen MR) is 106 cm³/mol. The molecule has 136 valence electrons. The second-order valence-electron chi connectivity index (χ2n) is 6.11. The van der Waals surface area contributed by atoms with Crippen molar-refractivity contribution in [2.45, 2.75) is 0 Å². The van der Waals surface area contributed by atoms with Crippen LogP contribution < -0.4 is 0 Å². The minimum absolute atomic E-state index is 0.321. The molecule has 0 fully saturated rings. The van der Waals surface area contributed by atoms with Gasteiger partial charge in [-0.2, -0.15) is 0 Å². The van der Waals surface area contributed by atoms with Crippen molar-refractivity contribution in [1.82, 2.24) is 4.98 Å². The molecule has 28 heavy (non-hydrogen) atoms. The first-order valence-electron chi connectivity index (χ1n) is 8.66. The molecule has 0 N–H and O–H groups in total. The first kappa shape index (κ1) is 17.5.